The molecule has 0 radical (unpaired) electrons. The smallest absolute Gasteiger partial charge is 0.319 e. The van der Waals surface area contributed by atoms with Crippen molar-refractivity contribution >= 4 is 17.6 Å². The predicted molar refractivity (Wildman–Crippen MR) is 110 cm³/mol. The predicted octanol–water partition coefficient (Wildman–Crippen LogP) is 3.44. The fourth-order valence-corrected chi connectivity index (χ4v) is 3.30. The highest BCUT2D eigenvalue weighted by molar-refractivity contribution is 5.89. The molecule has 28 heavy (non-hydrogen) atoms. The van der Waals surface area contributed by atoms with Gasteiger partial charge < -0.3 is 20.3 Å². The van der Waals surface area contributed by atoms with Gasteiger partial charge in [0.15, 0.2) is 0 Å². The molecular weight excluding hydrogens is 354 g/mol. The topological polar surface area (TPSA) is 70.7 Å². The van der Waals surface area contributed by atoms with Crippen molar-refractivity contribution in [3.63, 3.8) is 0 Å². The van der Waals surface area contributed by atoms with E-state index in [0.29, 0.717) is 26.1 Å². The van der Waals surface area contributed by atoms with Gasteiger partial charge in [0.1, 0.15) is 5.75 Å². The summed E-state index contributed by atoms with van der Waals surface area (Å²) in [5, 5.41) is 5.82. The molecule has 2 aromatic carbocycles. The number of urea groups is 1. The van der Waals surface area contributed by atoms with Crippen molar-refractivity contribution in [2.75, 3.05) is 25.0 Å². The van der Waals surface area contributed by atoms with E-state index in [9.17, 15) is 9.59 Å². The summed E-state index contributed by atoms with van der Waals surface area (Å²) in [4.78, 5) is 26.5. The van der Waals surface area contributed by atoms with E-state index in [4.69, 9.17) is 4.74 Å². The van der Waals surface area contributed by atoms with Gasteiger partial charge in [-0.15, -0.1) is 0 Å². The summed E-state index contributed by atoms with van der Waals surface area (Å²) in [6.07, 6.45) is 1.91. The molecule has 1 aliphatic rings. The van der Waals surface area contributed by atoms with Gasteiger partial charge in [-0.25, -0.2) is 4.79 Å². The van der Waals surface area contributed by atoms with Gasteiger partial charge in [0.05, 0.1) is 13.0 Å². The zero-order valence-corrected chi connectivity index (χ0v) is 16.2. The molecule has 2 aromatic rings. The van der Waals surface area contributed by atoms with Gasteiger partial charge in [-0.1, -0.05) is 30.3 Å². The van der Waals surface area contributed by atoms with E-state index < -0.39 is 0 Å². The van der Waals surface area contributed by atoms with Gasteiger partial charge >= 0.3 is 6.03 Å². The molecule has 0 aliphatic carbocycles. The first kappa shape index (κ1) is 19.7. The van der Waals surface area contributed by atoms with E-state index in [1.165, 1.54) is 0 Å². The second-order valence-electron chi connectivity index (χ2n) is 6.87. The SMILES string of the molecule is CCOc1ccc(CC(=O)N2CCC(NC(=O)Nc3ccccc3)CC2)cc1. The van der Waals surface area contributed by atoms with Crippen molar-refractivity contribution in [1.29, 1.82) is 0 Å². The minimum atomic E-state index is -0.203. The van der Waals surface area contributed by atoms with E-state index >= 15 is 0 Å². The lowest BCUT2D eigenvalue weighted by Crippen LogP contribution is -2.47. The van der Waals surface area contributed by atoms with E-state index in [1.54, 1.807) is 0 Å². The average molecular weight is 381 g/mol. The van der Waals surface area contributed by atoms with Crippen LogP contribution in [0.1, 0.15) is 25.3 Å². The standard InChI is InChI=1S/C22H27N3O3/c1-2-28-20-10-8-17(9-11-20)16-21(26)25-14-12-19(13-15-25)24-22(27)23-18-6-4-3-5-7-18/h3-11,19H,2,12-16H2,1H3,(H2,23,24,27). The van der Waals surface area contributed by atoms with Gasteiger partial charge in [-0.3, -0.25) is 4.79 Å². The Labute approximate surface area is 165 Å². The zero-order valence-electron chi connectivity index (χ0n) is 16.2. The van der Waals surface area contributed by atoms with E-state index in [1.807, 2.05) is 66.4 Å². The van der Waals surface area contributed by atoms with Crippen LogP contribution in [0.2, 0.25) is 0 Å². The summed E-state index contributed by atoms with van der Waals surface area (Å²) in [5.74, 6) is 0.940. The Balaban J connectivity index is 1.41. The molecule has 0 saturated carbocycles. The van der Waals surface area contributed by atoms with E-state index in [0.717, 1.165) is 29.8 Å². The van der Waals surface area contributed by atoms with Crippen LogP contribution in [0.25, 0.3) is 0 Å². The maximum Gasteiger partial charge on any atom is 0.319 e. The molecule has 3 rings (SSSR count). The molecule has 6 nitrogen and oxygen atoms in total. The van der Waals surface area contributed by atoms with Crippen LogP contribution in [0.5, 0.6) is 5.75 Å². The minimum absolute atomic E-state index is 0.0817. The Morgan fingerprint density at radius 3 is 2.36 bits per heavy atom. The first-order valence-electron chi connectivity index (χ1n) is 9.76. The molecule has 0 aromatic heterocycles. The van der Waals surface area contributed by atoms with Gasteiger partial charge in [0, 0.05) is 24.8 Å². The molecule has 1 fully saturated rings. The summed E-state index contributed by atoms with van der Waals surface area (Å²) in [7, 11) is 0. The highest BCUT2D eigenvalue weighted by Crippen LogP contribution is 2.16. The number of likely N-dealkylation sites (tertiary alicyclic amines) is 1. The summed E-state index contributed by atoms with van der Waals surface area (Å²) >= 11 is 0. The molecule has 1 aliphatic heterocycles. The summed E-state index contributed by atoms with van der Waals surface area (Å²) in [5.41, 5.74) is 1.75. The molecule has 0 bridgehead atoms. The molecule has 0 atom stereocenters. The molecule has 0 spiro atoms. The second-order valence-corrected chi connectivity index (χ2v) is 6.87. The molecule has 2 N–H and O–H groups in total. The summed E-state index contributed by atoms with van der Waals surface area (Å²) < 4.78 is 5.43. The largest absolute Gasteiger partial charge is 0.494 e. The van der Waals surface area contributed by atoms with Crippen LogP contribution in [-0.2, 0) is 11.2 Å². The number of nitrogens with one attached hydrogen (secondary N) is 2. The first-order valence-corrected chi connectivity index (χ1v) is 9.76. The fraction of sp³-hybridized carbons (Fsp3) is 0.364. The Bertz CT molecular complexity index is 769. The van der Waals surface area contributed by atoms with Crippen molar-refractivity contribution in [2.45, 2.75) is 32.2 Å². The number of hydrogen-bond acceptors (Lipinski definition) is 3. The molecule has 0 unspecified atom stereocenters. The van der Waals surface area contributed by atoms with Crippen LogP contribution in [0, 0.1) is 0 Å². The lowest BCUT2D eigenvalue weighted by Gasteiger charge is -2.32. The van der Waals surface area contributed by atoms with E-state index in [2.05, 4.69) is 10.6 Å². The number of carbonyl (C=O) groups is 2. The summed E-state index contributed by atoms with van der Waals surface area (Å²) in [6, 6.07) is 16.9. The number of benzene rings is 2. The number of hydrogen-bond donors (Lipinski definition) is 2. The van der Waals surface area contributed by atoms with Crippen LogP contribution in [-0.4, -0.2) is 42.6 Å². The minimum Gasteiger partial charge on any atom is -0.494 e. The molecule has 6 heteroatoms. The lowest BCUT2D eigenvalue weighted by atomic mass is 10.0. The Hall–Kier alpha value is -3.02. The first-order chi connectivity index (χ1) is 13.6. The van der Waals surface area contributed by atoms with E-state index in [-0.39, 0.29) is 18.0 Å². The Morgan fingerprint density at radius 1 is 1.04 bits per heavy atom. The van der Waals surface area contributed by atoms with Crippen LogP contribution >= 0.6 is 0 Å². The quantitative estimate of drug-likeness (QED) is 0.805. The number of nitrogens with zero attached hydrogens (tertiary/aromatic N) is 1. The third-order valence-electron chi connectivity index (χ3n) is 4.80. The van der Waals surface area contributed by atoms with Crippen LogP contribution in [0.15, 0.2) is 54.6 Å². The molecule has 1 heterocycles. The number of ether oxygens (including phenoxy) is 1. The van der Waals surface area contributed by atoms with Crippen molar-refractivity contribution < 1.29 is 14.3 Å². The van der Waals surface area contributed by atoms with Gasteiger partial charge in [0.25, 0.3) is 0 Å². The highest BCUT2D eigenvalue weighted by atomic mass is 16.5. The third kappa shape index (κ3) is 5.74. The van der Waals surface area contributed by atoms with Crippen molar-refractivity contribution in [1.82, 2.24) is 10.2 Å². The monoisotopic (exact) mass is 381 g/mol. The van der Waals surface area contributed by atoms with Crippen molar-refractivity contribution in [3.8, 4) is 5.75 Å². The zero-order chi connectivity index (χ0) is 19.8. The van der Waals surface area contributed by atoms with Crippen molar-refractivity contribution in [2.24, 2.45) is 0 Å². The average Bonchev–Trinajstić information content (AvgIpc) is 2.71. The number of para-hydroxylation sites is 1. The number of amides is 3. The van der Waals surface area contributed by atoms with Crippen LogP contribution in [0.4, 0.5) is 10.5 Å². The van der Waals surface area contributed by atoms with Crippen LogP contribution in [0.3, 0.4) is 0 Å². The van der Waals surface area contributed by atoms with Crippen molar-refractivity contribution in [3.05, 3.63) is 60.2 Å². The molecule has 1 saturated heterocycles. The highest BCUT2D eigenvalue weighted by Gasteiger charge is 2.23. The van der Waals surface area contributed by atoms with Crippen LogP contribution < -0.4 is 15.4 Å². The number of rotatable bonds is 6. The lowest BCUT2D eigenvalue weighted by molar-refractivity contribution is -0.131. The Morgan fingerprint density at radius 2 is 1.71 bits per heavy atom. The van der Waals surface area contributed by atoms with Gasteiger partial charge in [-0.05, 0) is 49.6 Å². The molecular formula is C22H27N3O3. The molecule has 148 valence electrons. The van der Waals surface area contributed by atoms with Gasteiger partial charge in [-0.2, -0.15) is 0 Å². The Kier molecular flexibility index (Phi) is 6.89. The number of anilines is 1. The molecule has 3 amide bonds. The maximum atomic E-state index is 12.5. The normalized spacial score (nSPS) is 14.4. The third-order valence-corrected chi connectivity index (χ3v) is 4.80. The number of piperidine rings is 1. The number of carbonyl (C=O) groups excluding carboxylic acids is 2. The second kappa shape index (κ2) is 9.78. The van der Waals surface area contributed by atoms with Gasteiger partial charge in [0.2, 0.25) is 5.91 Å². The fourth-order valence-electron chi connectivity index (χ4n) is 3.30. The summed E-state index contributed by atoms with van der Waals surface area (Å²) in [6.45, 7) is 3.89. The maximum absolute atomic E-state index is 12.5.